The largest absolute Gasteiger partial charge is 0.480 e. The van der Waals surface area contributed by atoms with E-state index in [9.17, 15) is 9.36 Å². The second-order valence-corrected chi connectivity index (χ2v) is 3.99. The molecule has 104 valence electrons. The summed E-state index contributed by atoms with van der Waals surface area (Å²) in [6.07, 6.45) is -1.24. The summed E-state index contributed by atoms with van der Waals surface area (Å²) in [6, 6.07) is -1.13. The molecular weight excluding hydrogens is 261 g/mol. The van der Waals surface area contributed by atoms with E-state index in [0.717, 1.165) is 0 Å². The van der Waals surface area contributed by atoms with Crippen LogP contribution in [0.4, 0.5) is 0 Å². The first-order valence-corrected chi connectivity index (χ1v) is 5.75. The third kappa shape index (κ3) is 15.4. The molecule has 0 rings (SSSR count). The molecular formula is C6H16NO9P. The number of nitrogens with two attached hydrogens (primary N) is 1. The van der Waals surface area contributed by atoms with E-state index < -0.39 is 45.8 Å². The molecule has 8 N–H and O–H groups in total. The maximum absolute atomic E-state index is 9.93. The predicted octanol–water partition coefficient (Wildman–Crippen LogP) is -3.16. The van der Waals surface area contributed by atoms with Gasteiger partial charge in [0.1, 0.15) is 12.1 Å². The molecule has 0 aliphatic carbocycles. The van der Waals surface area contributed by atoms with Gasteiger partial charge in [0.15, 0.2) is 0 Å². The van der Waals surface area contributed by atoms with Gasteiger partial charge in [-0.1, -0.05) is 0 Å². The zero-order valence-corrected chi connectivity index (χ0v) is 9.60. The topological polar surface area (TPSA) is 191 Å². The fraction of sp³-hybridized carbons (Fsp3) is 0.833. The van der Waals surface area contributed by atoms with Crippen molar-refractivity contribution in [2.24, 2.45) is 5.73 Å². The van der Waals surface area contributed by atoms with E-state index in [0.29, 0.717) is 0 Å². The highest BCUT2D eigenvalue weighted by Crippen LogP contribution is 2.35. The SMILES string of the molecule is N[C@@H](CO)C(=O)O.O=P(O)(O)OCC(O)CO. The normalized spacial score (nSPS) is 14.5. The van der Waals surface area contributed by atoms with Gasteiger partial charge >= 0.3 is 13.8 Å². The number of aliphatic carboxylic acids is 1. The molecule has 0 fully saturated rings. The molecule has 0 heterocycles. The van der Waals surface area contributed by atoms with Crippen molar-refractivity contribution in [3.05, 3.63) is 0 Å². The maximum atomic E-state index is 9.93. The second-order valence-electron chi connectivity index (χ2n) is 2.75. The Morgan fingerprint density at radius 1 is 1.29 bits per heavy atom. The molecule has 0 amide bonds. The van der Waals surface area contributed by atoms with Gasteiger partial charge in [0.2, 0.25) is 0 Å². The van der Waals surface area contributed by atoms with Crippen LogP contribution in [0.3, 0.4) is 0 Å². The molecule has 11 heteroatoms. The van der Waals surface area contributed by atoms with E-state index in [4.69, 9.17) is 35.9 Å². The number of phosphoric ester groups is 1. The Hall–Kier alpha value is -0.580. The highest BCUT2D eigenvalue weighted by Gasteiger charge is 2.15. The smallest absolute Gasteiger partial charge is 0.469 e. The molecule has 0 aromatic carbocycles. The summed E-state index contributed by atoms with van der Waals surface area (Å²) in [7, 11) is -4.50. The van der Waals surface area contributed by atoms with Crippen LogP contribution in [-0.2, 0) is 13.9 Å². The van der Waals surface area contributed by atoms with Crippen LogP contribution >= 0.6 is 7.82 Å². The number of carboxylic acids is 1. The summed E-state index contributed by atoms with van der Waals surface area (Å²) in [4.78, 5) is 25.8. The van der Waals surface area contributed by atoms with Gasteiger partial charge in [0, 0.05) is 0 Å². The molecule has 17 heavy (non-hydrogen) atoms. The average molecular weight is 277 g/mol. The Morgan fingerprint density at radius 2 is 1.76 bits per heavy atom. The van der Waals surface area contributed by atoms with Gasteiger partial charge in [-0.2, -0.15) is 0 Å². The molecule has 0 aliphatic heterocycles. The number of carbonyl (C=O) groups is 1. The number of aliphatic hydroxyl groups is 3. The molecule has 0 aliphatic rings. The zero-order valence-electron chi connectivity index (χ0n) is 8.71. The number of hydrogen-bond acceptors (Lipinski definition) is 7. The molecule has 0 spiro atoms. The number of hydrogen-bond donors (Lipinski definition) is 7. The van der Waals surface area contributed by atoms with Crippen molar-refractivity contribution in [2.45, 2.75) is 12.1 Å². The van der Waals surface area contributed by atoms with Crippen molar-refractivity contribution in [1.82, 2.24) is 0 Å². The van der Waals surface area contributed by atoms with Gasteiger partial charge in [-0.3, -0.25) is 9.32 Å². The molecule has 0 saturated carbocycles. The van der Waals surface area contributed by atoms with E-state index in [-0.39, 0.29) is 0 Å². The summed E-state index contributed by atoms with van der Waals surface area (Å²) >= 11 is 0. The van der Waals surface area contributed by atoms with Crippen LogP contribution in [-0.4, -0.2) is 68.1 Å². The first kappa shape index (κ1) is 18.8. The molecule has 0 bridgehead atoms. The van der Waals surface area contributed by atoms with Gasteiger partial charge in [0.25, 0.3) is 0 Å². The van der Waals surface area contributed by atoms with Crippen LogP contribution in [0.15, 0.2) is 0 Å². The average Bonchev–Trinajstić information content (AvgIpc) is 2.24. The van der Waals surface area contributed by atoms with Crippen molar-refractivity contribution in [1.29, 1.82) is 0 Å². The number of carboxylic acid groups (broad SMARTS) is 1. The first-order chi connectivity index (χ1) is 7.64. The zero-order chi connectivity index (χ0) is 14.1. The minimum atomic E-state index is -4.50. The Kier molecular flexibility index (Phi) is 10.4. The van der Waals surface area contributed by atoms with Gasteiger partial charge in [-0.25, -0.2) is 4.57 Å². The minimum Gasteiger partial charge on any atom is -0.480 e. The number of phosphoric acid groups is 1. The van der Waals surface area contributed by atoms with Crippen molar-refractivity contribution in [3.63, 3.8) is 0 Å². The van der Waals surface area contributed by atoms with E-state index in [1.807, 2.05) is 0 Å². The molecule has 0 radical (unpaired) electrons. The third-order valence-electron chi connectivity index (χ3n) is 1.16. The minimum absolute atomic E-state index is 0.505. The van der Waals surface area contributed by atoms with Crippen LogP contribution in [0.2, 0.25) is 0 Å². The van der Waals surface area contributed by atoms with Gasteiger partial charge < -0.3 is 35.9 Å². The first-order valence-electron chi connectivity index (χ1n) is 4.22. The number of aliphatic hydroxyl groups excluding tert-OH is 3. The van der Waals surface area contributed by atoms with E-state index in [1.54, 1.807) is 0 Å². The van der Waals surface area contributed by atoms with Crippen molar-refractivity contribution in [3.8, 4) is 0 Å². The lowest BCUT2D eigenvalue weighted by Gasteiger charge is -2.07. The van der Waals surface area contributed by atoms with E-state index >= 15 is 0 Å². The van der Waals surface area contributed by atoms with Crippen molar-refractivity contribution < 1.29 is 44.1 Å². The fourth-order valence-corrected chi connectivity index (χ4v) is 0.680. The summed E-state index contributed by atoms with van der Waals surface area (Å²) in [5, 5.41) is 32.5. The standard InChI is InChI=1S/C3H7NO3.C3H9O6P/c4-2(1-5)3(6)7;4-1-3(5)2-9-10(6,7)8/h2,5H,1,4H2,(H,6,7);3-5H,1-2H2,(H2,6,7,8)/t2-;/m0./s1. The summed E-state index contributed by atoms with van der Waals surface area (Å²) < 4.78 is 13.8. The van der Waals surface area contributed by atoms with Crippen LogP contribution in [0.5, 0.6) is 0 Å². The Labute approximate surface area is 96.5 Å². The lowest BCUT2D eigenvalue weighted by molar-refractivity contribution is -0.139. The maximum Gasteiger partial charge on any atom is 0.469 e. The quantitative estimate of drug-likeness (QED) is 0.244. The van der Waals surface area contributed by atoms with Crippen LogP contribution < -0.4 is 5.73 Å². The molecule has 1 unspecified atom stereocenters. The highest BCUT2D eigenvalue weighted by atomic mass is 31.2. The lowest BCUT2D eigenvalue weighted by Crippen LogP contribution is -2.33. The Morgan fingerprint density at radius 3 is 1.94 bits per heavy atom. The predicted molar refractivity (Wildman–Crippen MR) is 53.8 cm³/mol. The van der Waals surface area contributed by atoms with E-state index in [2.05, 4.69) is 4.52 Å². The fourth-order valence-electron chi connectivity index (χ4n) is 0.314. The molecule has 10 nitrogen and oxygen atoms in total. The van der Waals surface area contributed by atoms with Crippen LogP contribution in [0.1, 0.15) is 0 Å². The summed E-state index contributed by atoms with van der Waals surface area (Å²) in [5.74, 6) is -1.18. The third-order valence-corrected chi connectivity index (χ3v) is 1.65. The highest BCUT2D eigenvalue weighted by molar-refractivity contribution is 7.46. The molecule has 0 saturated heterocycles. The van der Waals surface area contributed by atoms with Crippen LogP contribution in [0, 0.1) is 0 Å². The molecule has 2 atom stereocenters. The van der Waals surface area contributed by atoms with Gasteiger partial charge in [-0.05, 0) is 0 Å². The van der Waals surface area contributed by atoms with Crippen molar-refractivity contribution in [2.75, 3.05) is 19.8 Å². The Bertz CT molecular complexity index is 254. The lowest BCUT2D eigenvalue weighted by atomic mass is 10.3. The Balaban J connectivity index is 0. The summed E-state index contributed by atoms with van der Waals surface area (Å²) in [6.45, 7) is -1.66. The molecule has 0 aromatic rings. The number of rotatable bonds is 6. The molecule has 0 aromatic heterocycles. The second kappa shape index (κ2) is 9.45. The van der Waals surface area contributed by atoms with E-state index in [1.165, 1.54) is 0 Å². The van der Waals surface area contributed by atoms with Crippen molar-refractivity contribution >= 4 is 13.8 Å². The van der Waals surface area contributed by atoms with Crippen LogP contribution in [0.25, 0.3) is 0 Å². The van der Waals surface area contributed by atoms with Gasteiger partial charge in [0.05, 0.1) is 19.8 Å². The van der Waals surface area contributed by atoms with Gasteiger partial charge in [-0.15, -0.1) is 0 Å². The monoisotopic (exact) mass is 277 g/mol. The summed E-state index contributed by atoms with van der Waals surface area (Å²) in [5.41, 5.74) is 4.77.